The number of anilines is 3. The normalized spacial score (nSPS) is 11.9. The Hall–Kier alpha value is -8.34. The van der Waals surface area contributed by atoms with E-state index in [0.717, 1.165) is 105 Å². The van der Waals surface area contributed by atoms with Gasteiger partial charge in [-0.15, -0.1) is 0 Å². The van der Waals surface area contributed by atoms with Crippen molar-refractivity contribution in [2.45, 2.75) is 0 Å². The van der Waals surface area contributed by atoms with E-state index < -0.39 is 0 Å². The fourth-order valence-electron chi connectivity index (χ4n) is 9.77. The summed E-state index contributed by atoms with van der Waals surface area (Å²) in [6, 6.07) is 78.1. The molecule has 4 nitrogen and oxygen atoms in total. The predicted molar refractivity (Wildman–Crippen MR) is 258 cm³/mol. The van der Waals surface area contributed by atoms with E-state index in [1.807, 2.05) is 12.1 Å². The molecule has 13 rings (SSSR count). The largest absolute Gasteiger partial charge is 0.456 e. The van der Waals surface area contributed by atoms with Crippen molar-refractivity contribution in [3.05, 3.63) is 218 Å². The quantitative estimate of drug-likeness (QED) is 0.168. The number of rotatable bonds is 6. The molecule has 62 heavy (non-hydrogen) atoms. The van der Waals surface area contributed by atoms with Crippen LogP contribution in [0.2, 0.25) is 0 Å². The van der Waals surface area contributed by atoms with Crippen LogP contribution in [0.15, 0.2) is 227 Å². The highest BCUT2D eigenvalue weighted by molar-refractivity contribution is 6.19. The third-order valence-corrected chi connectivity index (χ3v) is 12.6. The molecule has 0 N–H and O–H groups in total. The van der Waals surface area contributed by atoms with Crippen molar-refractivity contribution in [3.8, 4) is 27.9 Å². The Morgan fingerprint density at radius 2 is 1.00 bits per heavy atom. The third-order valence-electron chi connectivity index (χ3n) is 12.6. The first-order chi connectivity index (χ1) is 30.7. The maximum absolute atomic E-state index is 6.64. The average Bonchev–Trinajstić information content (AvgIpc) is 4.02. The van der Waals surface area contributed by atoms with Crippen LogP contribution in [0.1, 0.15) is 0 Å². The molecule has 3 heterocycles. The highest BCUT2D eigenvalue weighted by atomic mass is 16.3. The van der Waals surface area contributed by atoms with Crippen LogP contribution >= 0.6 is 0 Å². The first kappa shape index (κ1) is 34.5. The Bertz CT molecular complexity index is 3830. The zero-order valence-electron chi connectivity index (χ0n) is 33.5. The summed E-state index contributed by atoms with van der Waals surface area (Å²) in [6.07, 6.45) is 0. The molecule has 290 valence electrons. The molecule has 0 aliphatic carbocycles. The van der Waals surface area contributed by atoms with Gasteiger partial charge < -0.3 is 18.3 Å². The number of furan rings is 2. The fraction of sp³-hybridized carbons (Fsp3) is 0. The molecule has 0 bridgehead atoms. The molecule has 3 aromatic heterocycles. The van der Waals surface area contributed by atoms with E-state index in [0.29, 0.717) is 0 Å². The van der Waals surface area contributed by atoms with Gasteiger partial charge in [0.25, 0.3) is 0 Å². The lowest BCUT2D eigenvalue weighted by Crippen LogP contribution is -2.13. The summed E-state index contributed by atoms with van der Waals surface area (Å²) < 4.78 is 15.3. The first-order valence-electron chi connectivity index (χ1n) is 21.1. The highest BCUT2D eigenvalue weighted by Crippen LogP contribution is 2.45. The molecule has 0 atom stereocenters. The van der Waals surface area contributed by atoms with Gasteiger partial charge in [-0.1, -0.05) is 140 Å². The minimum atomic E-state index is 0.879. The van der Waals surface area contributed by atoms with Gasteiger partial charge in [-0.25, -0.2) is 0 Å². The van der Waals surface area contributed by atoms with Crippen LogP contribution < -0.4 is 4.90 Å². The lowest BCUT2D eigenvalue weighted by molar-refractivity contribution is 0.669. The second-order valence-electron chi connectivity index (χ2n) is 16.0. The number of nitrogens with zero attached hydrogens (tertiary/aromatic N) is 2. The molecule has 13 aromatic rings. The Kier molecular flexibility index (Phi) is 7.57. The van der Waals surface area contributed by atoms with Gasteiger partial charge in [0.05, 0.1) is 22.4 Å². The van der Waals surface area contributed by atoms with Crippen molar-refractivity contribution in [3.63, 3.8) is 0 Å². The minimum absolute atomic E-state index is 0.879. The zero-order chi connectivity index (χ0) is 40.7. The Labute approximate surface area is 356 Å². The monoisotopic (exact) mass is 792 g/mol. The van der Waals surface area contributed by atoms with Crippen LogP contribution in [0.4, 0.5) is 17.1 Å². The van der Waals surface area contributed by atoms with Crippen LogP contribution in [0.3, 0.4) is 0 Å². The topological polar surface area (TPSA) is 34.5 Å². The van der Waals surface area contributed by atoms with E-state index in [-0.39, 0.29) is 0 Å². The Morgan fingerprint density at radius 1 is 0.355 bits per heavy atom. The summed E-state index contributed by atoms with van der Waals surface area (Å²) in [7, 11) is 0. The van der Waals surface area contributed by atoms with Crippen LogP contribution in [0.5, 0.6) is 0 Å². The van der Waals surface area contributed by atoms with E-state index >= 15 is 0 Å². The first-order valence-corrected chi connectivity index (χ1v) is 21.1. The van der Waals surface area contributed by atoms with E-state index in [1.54, 1.807) is 0 Å². The zero-order valence-corrected chi connectivity index (χ0v) is 33.5. The molecule has 4 heteroatoms. The second kappa shape index (κ2) is 13.6. The summed E-state index contributed by atoms with van der Waals surface area (Å²) in [5.41, 5.74) is 14.6. The molecular formula is C58H36N2O2. The van der Waals surface area contributed by atoms with Crippen molar-refractivity contribution in [1.82, 2.24) is 4.57 Å². The molecule has 0 saturated carbocycles. The number of benzene rings is 10. The van der Waals surface area contributed by atoms with Gasteiger partial charge in [0, 0.05) is 49.1 Å². The smallest absolute Gasteiger partial charge is 0.143 e. The molecular weight excluding hydrogens is 757 g/mol. The minimum Gasteiger partial charge on any atom is -0.456 e. The van der Waals surface area contributed by atoms with Crippen molar-refractivity contribution >= 4 is 93.5 Å². The molecule has 0 fully saturated rings. The Morgan fingerprint density at radius 3 is 1.84 bits per heavy atom. The summed E-state index contributed by atoms with van der Waals surface area (Å²) in [5.74, 6) is 0. The molecule has 10 aromatic carbocycles. The van der Waals surface area contributed by atoms with Crippen LogP contribution in [-0.2, 0) is 0 Å². The van der Waals surface area contributed by atoms with E-state index in [9.17, 15) is 0 Å². The fourth-order valence-corrected chi connectivity index (χ4v) is 9.77. The van der Waals surface area contributed by atoms with E-state index in [1.165, 1.54) is 16.2 Å². The van der Waals surface area contributed by atoms with Crippen molar-refractivity contribution in [2.24, 2.45) is 0 Å². The molecule has 0 saturated heterocycles. The average molecular weight is 793 g/mol. The van der Waals surface area contributed by atoms with Gasteiger partial charge in [0.2, 0.25) is 0 Å². The number of aromatic nitrogens is 1. The van der Waals surface area contributed by atoms with Gasteiger partial charge in [-0.2, -0.15) is 0 Å². The molecule has 0 aliphatic rings. The molecule has 0 amide bonds. The van der Waals surface area contributed by atoms with E-state index in [2.05, 4.69) is 216 Å². The number of hydrogen-bond acceptors (Lipinski definition) is 3. The summed E-state index contributed by atoms with van der Waals surface area (Å²) in [6.45, 7) is 0. The number of para-hydroxylation sites is 5. The van der Waals surface area contributed by atoms with Gasteiger partial charge in [-0.3, -0.25) is 0 Å². The Balaban J connectivity index is 1.00. The second-order valence-corrected chi connectivity index (χ2v) is 16.0. The van der Waals surface area contributed by atoms with Crippen molar-refractivity contribution in [1.29, 1.82) is 0 Å². The van der Waals surface area contributed by atoms with Gasteiger partial charge in [-0.05, 0) is 107 Å². The SMILES string of the molecule is c1cc(-c2cccc3oc4c5ccccc5ccc4c23)cc(N(c2ccc(-c3ccc4c(c3)oc3ccccc34)cc2)c2ccccc2-n2c3ccccc3c3ccccc32)c1. The summed E-state index contributed by atoms with van der Waals surface area (Å²) >= 11 is 0. The predicted octanol–water partition coefficient (Wildman–Crippen LogP) is 16.5. The van der Waals surface area contributed by atoms with Gasteiger partial charge in [0.15, 0.2) is 0 Å². The van der Waals surface area contributed by atoms with Crippen LogP contribution in [-0.4, -0.2) is 4.57 Å². The van der Waals surface area contributed by atoms with Crippen LogP contribution in [0, 0.1) is 0 Å². The van der Waals surface area contributed by atoms with Crippen LogP contribution in [0.25, 0.3) is 104 Å². The lowest BCUT2D eigenvalue weighted by Gasteiger charge is -2.29. The highest BCUT2D eigenvalue weighted by Gasteiger charge is 2.22. The molecule has 0 radical (unpaired) electrons. The molecule has 0 spiro atoms. The van der Waals surface area contributed by atoms with Crippen molar-refractivity contribution in [2.75, 3.05) is 4.90 Å². The lowest BCUT2D eigenvalue weighted by atomic mass is 9.97. The molecule has 0 unspecified atom stereocenters. The van der Waals surface area contributed by atoms with E-state index in [4.69, 9.17) is 8.83 Å². The standard InChI is InChI=1S/C58H36N2O2/c1-2-16-44-38(13-1)29-34-49-57-43(20-12-26-55(57)62-58(44)49)40-14-11-15-42(35-40)59(41-31-27-37(28-32-41)39-30-33-48-47-19-5-10-25-54(47)61-56(48)36-39)52-23-8-9-24-53(52)60-50-21-6-3-17-45(50)46-18-4-7-22-51(46)60/h1-36H. The van der Waals surface area contributed by atoms with Gasteiger partial charge in [0.1, 0.15) is 22.3 Å². The summed E-state index contributed by atoms with van der Waals surface area (Å²) in [5, 5.41) is 9.24. The molecule has 0 aliphatic heterocycles. The maximum atomic E-state index is 6.64. The third kappa shape index (κ3) is 5.27. The van der Waals surface area contributed by atoms with Crippen molar-refractivity contribution < 1.29 is 8.83 Å². The number of fused-ring (bicyclic) bond motifs is 11. The maximum Gasteiger partial charge on any atom is 0.143 e. The van der Waals surface area contributed by atoms with Gasteiger partial charge >= 0.3 is 0 Å². The number of hydrogen-bond donors (Lipinski definition) is 0. The summed E-state index contributed by atoms with van der Waals surface area (Å²) in [4.78, 5) is 2.40.